The highest BCUT2D eigenvalue weighted by atomic mass is 19.1. The van der Waals surface area contributed by atoms with Crippen molar-refractivity contribution >= 4 is 17.6 Å². The lowest BCUT2D eigenvalue weighted by Crippen LogP contribution is -2.32. The van der Waals surface area contributed by atoms with Crippen molar-refractivity contribution in [2.45, 2.75) is 19.6 Å². The van der Waals surface area contributed by atoms with E-state index in [1.165, 1.54) is 25.3 Å². The van der Waals surface area contributed by atoms with Crippen molar-refractivity contribution in [2.24, 2.45) is 0 Å². The molecule has 1 aromatic carbocycles. The Labute approximate surface area is 135 Å². The van der Waals surface area contributed by atoms with Crippen LogP contribution in [0.15, 0.2) is 47.4 Å². The van der Waals surface area contributed by atoms with E-state index in [0.717, 1.165) is 16.7 Å². The maximum atomic E-state index is 13.5. The third-order valence-electron chi connectivity index (χ3n) is 3.06. The first-order valence-electron chi connectivity index (χ1n) is 6.97. The number of amides is 1. The average molecular weight is 336 g/mol. The minimum Gasteiger partial charge on any atom is -0.451 e. The number of nitrogens with zero attached hydrogens (tertiary/aromatic N) is 1. The van der Waals surface area contributed by atoms with Gasteiger partial charge in [0, 0.05) is 18.3 Å². The standard InChI is InChI=1S/C16H14F2N2O4/c1-10(16(23)19-13-6-5-11(17)8-12(13)18)24-15(22)9-20-7-3-2-4-14(20)21/h2-8,10H,9H2,1H3,(H,19,23)/t10-/m0/s1. The fraction of sp³-hybridized carbons (Fsp3) is 0.188. The molecule has 0 aliphatic rings. The first-order chi connectivity index (χ1) is 11.4. The van der Waals surface area contributed by atoms with Crippen LogP contribution in [0.2, 0.25) is 0 Å². The molecule has 0 spiro atoms. The molecule has 2 aromatic rings. The molecule has 1 heterocycles. The fourth-order valence-electron chi connectivity index (χ4n) is 1.84. The normalized spacial score (nSPS) is 11.6. The number of nitrogens with one attached hydrogen (secondary N) is 1. The van der Waals surface area contributed by atoms with Gasteiger partial charge < -0.3 is 14.6 Å². The molecule has 0 fully saturated rings. The Kier molecular flexibility index (Phi) is 5.41. The maximum Gasteiger partial charge on any atom is 0.326 e. The van der Waals surface area contributed by atoms with Crippen LogP contribution in [0.4, 0.5) is 14.5 Å². The Morgan fingerprint density at radius 3 is 2.67 bits per heavy atom. The number of ether oxygens (including phenoxy) is 1. The highest BCUT2D eigenvalue weighted by Gasteiger charge is 2.19. The number of rotatable bonds is 5. The number of aromatic nitrogens is 1. The third-order valence-corrected chi connectivity index (χ3v) is 3.06. The molecule has 0 radical (unpaired) electrons. The molecule has 24 heavy (non-hydrogen) atoms. The van der Waals surface area contributed by atoms with Crippen LogP contribution in [0, 0.1) is 11.6 Å². The zero-order valence-electron chi connectivity index (χ0n) is 12.7. The van der Waals surface area contributed by atoms with Crippen molar-refractivity contribution in [3.63, 3.8) is 0 Å². The first-order valence-corrected chi connectivity index (χ1v) is 6.97. The Morgan fingerprint density at radius 2 is 2.00 bits per heavy atom. The first kappa shape index (κ1) is 17.3. The maximum absolute atomic E-state index is 13.5. The van der Waals surface area contributed by atoms with Crippen molar-refractivity contribution in [1.82, 2.24) is 4.57 Å². The molecule has 1 aromatic heterocycles. The molecule has 126 valence electrons. The minimum absolute atomic E-state index is 0.233. The molecule has 0 unspecified atom stereocenters. The molecule has 0 bridgehead atoms. The summed E-state index contributed by atoms with van der Waals surface area (Å²) in [6.45, 7) is 0.935. The van der Waals surface area contributed by atoms with Crippen LogP contribution in [0.1, 0.15) is 6.92 Å². The van der Waals surface area contributed by atoms with Gasteiger partial charge in [0.05, 0.1) is 5.69 Å². The number of benzene rings is 1. The lowest BCUT2D eigenvalue weighted by molar-refractivity contribution is -0.153. The molecule has 6 nitrogen and oxygen atoms in total. The lowest BCUT2D eigenvalue weighted by atomic mass is 10.2. The van der Waals surface area contributed by atoms with Gasteiger partial charge in [-0.3, -0.25) is 14.4 Å². The van der Waals surface area contributed by atoms with Gasteiger partial charge in [-0.15, -0.1) is 0 Å². The topological polar surface area (TPSA) is 77.4 Å². The molecule has 0 saturated heterocycles. The predicted molar refractivity (Wildman–Crippen MR) is 81.2 cm³/mol. The number of carbonyl (C=O) groups is 2. The van der Waals surface area contributed by atoms with E-state index >= 15 is 0 Å². The van der Waals surface area contributed by atoms with Crippen molar-refractivity contribution in [3.05, 3.63) is 64.6 Å². The lowest BCUT2D eigenvalue weighted by Gasteiger charge is -2.14. The second-order valence-corrected chi connectivity index (χ2v) is 4.91. The van der Waals surface area contributed by atoms with E-state index in [1.54, 1.807) is 6.07 Å². The van der Waals surface area contributed by atoms with E-state index in [2.05, 4.69) is 5.32 Å². The zero-order valence-corrected chi connectivity index (χ0v) is 12.7. The summed E-state index contributed by atoms with van der Waals surface area (Å²) in [6, 6.07) is 7.03. The molecule has 0 aliphatic carbocycles. The molecule has 0 aliphatic heterocycles. The molecular weight excluding hydrogens is 322 g/mol. The van der Waals surface area contributed by atoms with Crippen molar-refractivity contribution in [1.29, 1.82) is 0 Å². The van der Waals surface area contributed by atoms with E-state index in [0.29, 0.717) is 6.07 Å². The molecule has 8 heteroatoms. The largest absolute Gasteiger partial charge is 0.451 e. The average Bonchev–Trinajstić information content (AvgIpc) is 2.52. The summed E-state index contributed by atoms with van der Waals surface area (Å²) in [5.74, 6) is -3.31. The van der Waals surface area contributed by atoms with Gasteiger partial charge in [0.25, 0.3) is 11.5 Å². The minimum atomic E-state index is -1.22. The molecule has 1 amide bonds. The van der Waals surface area contributed by atoms with Crippen molar-refractivity contribution in [2.75, 3.05) is 5.32 Å². The summed E-state index contributed by atoms with van der Waals surface area (Å²) >= 11 is 0. The molecular formula is C16H14F2N2O4. The van der Waals surface area contributed by atoms with Gasteiger partial charge >= 0.3 is 5.97 Å². The van der Waals surface area contributed by atoms with Crippen LogP contribution in [-0.4, -0.2) is 22.5 Å². The second kappa shape index (κ2) is 7.49. The summed E-state index contributed by atoms with van der Waals surface area (Å²) < 4.78 is 32.3. The zero-order chi connectivity index (χ0) is 17.7. The van der Waals surface area contributed by atoms with Gasteiger partial charge in [0.2, 0.25) is 0 Å². The van der Waals surface area contributed by atoms with Crippen molar-refractivity contribution in [3.8, 4) is 0 Å². The van der Waals surface area contributed by atoms with Gasteiger partial charge in [-0.25, -0.2) is 8.78 Å². The Morgan fingerprint density at radius 1 is 1.25 bits per heavy atom. The number of pyridine rings is 1. The monoisotopic (exact) mass is 336 g/mol. The van der Waals surface area contributed by atoms with Crippen LogP contribution in [0.3, 0.4) is 0 Å². The molecule has 1 N–H and O–H groups in total. The number of hydrogen-bond donors (Lipinski definition) is 1. The van der Waals surface area contributed by atoms with Crippen LogP contribution < -0.4 is 10.9 Å². The van der Waals surface area contributed by atoms with E-state index < -0.39 is 29.6 Å². The molecule has 2 rings (SSSR count). The number of halogens is 2. The van der Waals surface area contributed by atoms with Crippen LogP contribution in [0.5, 0.6) is 0 Å². The van der Waals surface area contributed by atoms with Gasteiger partial charge in [-0.2, -0.15) is 0 Å². The number of hydrogen-bond acceptors (Lipinski definition) is 4. The summed E-state index contributed by atoms with van der Waals surface area (Å²) in [6.07, 6.45) is 0.184. The molecule has 0 saturated carbocycles. The summed E-state index contributed by atoms with van der Waals surface area (Å²) in [4.78, 5) is 35.1. The van der Waals surface area contributed by atoms with Crippen LogP contribution in [-0.2, 0) is 20.9 Å². The van der Waals surface area contributed by atoms with Crippen LogP contribution in [0.25, 0.3) is 0 Å². The fourth-order valence-corrected chi connectivity index (χ4v) is 1.84. The number of carbonyl (C=O) groups excluding carboxylic acids is 2. The van der Waals surface area contributed by atoms with E-state index in [9.17, 15) is 23.2 Å². The number of esters is 1. The summed E-state index contributed by atoms with van der Waals surface area (Å²) in [5.41, 5.74) is -0.622. The highest BCUT2D eigenvalue weighted by molar-refractivity contribution is 5.95. The van der Waals surface area contributed by atoms with Crippen LogP contribution >= 0.6 is 0 Å². The van der Waals surface area contributed by atoms with Crippen molar-refractivity contribution < 1.29 is 23.1 Å². The van der Waals surface area contributed by atoms with E-state index in [-0.39, 0.29) is 17.8 Å². The number of anilines is 1. The SMILES string of the molecule is C[C@H](OC(=O)Cn1ccccc1=O)C(=O)Nc1ccc(F)cc1F. The predicted octanol–water partition coefficient (Wildman–Crippen LogP) is 1.70. The summed E-state index contributed by atoms with van der Waals surface area (Å²) in [7, 11) is 0. The second-order valence-electron chi connectivity index (χ2n) is 4.91. The quantitative estimate of drug-likeness (QED) is 0.843. The Bertz CT molecular complexity index is 820. The molecule has 1 atom stereocenters. The Hall–Kier alpha value is -3.03. The van der Waals surface area contributed by atoms with E-state index in [1.807, 2.05) is 0 Å². The summed E-state index contributed by atoms with van der Waals surface area (Å²) in [5, 5.41) is 2.19. The third kappa shape index (κ3) is 4.48. The highest BCUT2D eigenvalue weighted by Crippen LogP contribution is 2.15. The van der Waals surface area contributed by atoms with Gasteiger partial charge in [0.15, 0.2) is 6.10 Å². The van der Waals surface area contributed by atoms with Gasteiger partial charge in [-0.05, 0) is 25.1 Å². The van der Waals surface area contributed by atoms with Gasteiger partial charge in [-0.1, -0.05) is 6.07 Å². The van der Waals surface area contributed by atoms with E-state index in [4.69, 9.17) is 4.74 Å². The Balaban J connectivity index is 1.94. The van der Waals surface area contributed by atoms with Gasteiger partial charge in [0.1, 0.15) is 18.2 Å². The smallest absolute Gasteiger partial charge is 0.326 e.